The Labute approximate surface area is 129 Å². The van der Waals surface area contributed by atoms with Crippen LogP contribution >= 0.6 is 11.6 Å². The van der Waals surface area contributed by atoms with Gasteiger partial charge in [-0.05, 0) is 30.7 Å². The Morgan fingerprint density at radius 3 is 2.76 bits per heavy atom. The van der Waals surface area contributed by atoms with Gasteiger partial charge in [-0.25, -0.2) is 14.1 Å². The normalized spacial score (nSPS) is 12.9. The smallest absolute Gasteiger partial charge is 0.142 e. The fourth-order valence-electron chi connectivity index (χ4n) is 2.24. The zero-order valence-electron chi connectivity index (χ0n) is 12.5. The van der Waals surface area contributed by atoms with Gasteiger partial charge in [0.2, 0.25) is 0 Å². The first kappa shape index (κ1) is 15.9. The molecule has 114 valence electrons. The van der Waals surface area contributed by atoms with Crippen LogP contribution in [0.5, 0.6) is 0 Å². The molecule has 1 heterocycles. The summed E-state index contributed by atoms with van der Waals surface area (Å²) in [7, 11) is 1.85. The summed E-state index contributed by atoms with van der Waals surface area (Å²) in [4.78, 5) is 4.31. The second-order valence-electron chi connectivity index (χ2n) is 5.47. The lowest BCUT2D eigenvalue weighted by Gasteiger charge is -2.17. The zero-order chi connectivity index (χ0) is 15.4. The van der Waals surface area contributed by atoms with Gasteiger partial charge in [-0.2, -0.15) is 5.10 Å². The van der Waals surface area contributed by atoms with Crippen LogP contribution in [0.3, 0.4) is 0 Å². The maximum Gasteiger partial charge on any atom is 0.142 e. The van der Waals surface area contributed by atoms with E-state index < -0.39 is 5.82 Å². The second-order valence-corrected chi connectivity index (χ2v) is 5.88. The van der Waals surface area contributed by atoms with Crippen LogP contribution < -0.4 is 5.32 Å². The summed E-state index contributed by atoms with van der Waals surface area (Å²) in [6.45, 7) is 5.09. The molecule has 1 N–H and O–H groups in total. The quantitative estimate of drug-likeness (QED) is 0.891. The predicted octanol–water partition coefficient (Wildman–Crippen LogP) is 3.23. The van der Waals surface area contributed by atoms with E-state index in [0.717, 1.165) is 17.9 Å². The van der Waals surface area contributed by atoms with Gasteiger partial charge >= 0.3 is 0 Å². The minimum atomic E-state index is -0.405. The van der Waals surface area contributed by atoms with Crippen molar-refractivity contribution in [2.45, 2.75) is 32.9 Å². The van der Waals surface area contributed by atoms with E-state index >= 15 is 0 Å². The largest absolute Gasteiger partial charge is 0.313 e. The molecule has 4 nitrogen and oxygen atoms in total. The highest BCUT2D eigenvalue weighted by Gasteiger charge is 2.16. The number of nitrogens with zero attached hydrogens (tertiary/aromatic N) is 3. The predicted molar refractivity (Wildman–Crippen MR) is 81.8 cm³/mol. The van der Waals surface area contributed by atoms with Crippen LogP contribution in [0.2, 0.25) is 5.02 Å². The molecule has 2 aromatic rings. The van der Waals surface area contributed by atoms with Gasteiger partial charge in [-0.15, -0.1) is 0 Å². The van der Waals surface area contributed by atoms with Crippen molar-refractivity contribution >= 4 is 11.6 Å². The van der Waals surface area contributed by atoms with Crippen molar-refractivity contribution in [2.24, 2.45) is 5.92 Å². The molecule has 0 saturated carbocycles. The van der Waals surface area contributed by atoms with E-state index in [1.807, 2.05) is 17.8 Å². The highest BCUT2D eigenvalue weighted by Crippen LogP contribution is 2.22. The first-order valence-electron chi connectivity index (χ1n) is 7.00. The highest BCUT2D eigenvalue weighted by molar-refractivity contribution is 6.30. The SMILES string of the molecule is CNC(Cc1ncnn1CC(C)C)c1ccc(Cl)c(F)c1. The molecule has 21 heavy (non-hydrogen) atoms. The van der Waals surface area contributed by atoms with E-state index in [1.165, 1.54) is 6.07 Å². The fraction of sp³-hybridized carbons (Fsp3) is 0.467. The molecule has 1 aromatic heterocycles. The molecule has 0 amide bonds. The molecule has 1 aromatic carbocycles. The molecule has 2 rings (SSSR count). The summed E-state index contributed by atoms with van der Waals surface area (Å²) in [5, 5.41) is 7.58. The third-order valence-electron chi connectivity index (χ3n) is 3.31. The van der Waals surface area contributed by atoms with Gasteiger partial charge in [0.15, 0.2) is 0 Å². The average Bonchev–Trinajstić information content (AvgIpc) is 2.85. The number of halogens is 2. The number of nitrogens with one attached hydrogen (secondary N) is 1. The standard InChI is InChI=1S/C15H20ClFN4/c1-10(2)8-21-15(19-9-20-21)7-14(18-3)11-4-5-12(16)13(17)6-11/h4-6,9-10,14,18H,7-8H2,1-3H3. The monoisotopic (exact) mass is 310 g/mol. The molecule has 0 aliphatic heterocycles. The van der Waals surface area contributed by atoms with E-state index in [9.17, 15) is 4.39 Å². The molecule has 6 heteroatoms. The van der Waals surface area contributed by atoms with Crippen molar-refractivity contribution in [3.63, 3.8) is 0 Å². The van der Waals surface area contributed by atoms with E-state index in [1.54, 1.807) is 12.4 Å². The highest BCUT2D eigenvalue weighted by atomic mass is 35.5. The second kappa shape index (κ2) is 7.00. The molecule has 1 atom stereocenters. The summed E-state index contributed by atoms with van der Waals surface area (Å²) >= 11 is 5.73. The minimum absolute atomic E-state index is 0.0353. The topological polar surface area (TPSA) is 42.7 Å². The van der Waals surface area contributed by atoms with Gasteiger partial charge in [-0.3, -0.25) is 0 Å². The third-order valence-corrected chi connectivity index (χ3v) is 3.62. The summed E-state index contributed by atoms with van der Waals surface area (Å²) in [6, 6.07) is 4.84. The maximum absolute atomic E-state index is 13.6. The molecule has 0 saturated heterocycles. The number of benzene rings is 1. The molecular weight excluding hydrogens is 291 g/mol. The Morgan fingerprint density at radius 2 is 2.14 bits per heavy atom. The van der Waals surface area contributed by atoms with E-state index in [0.29, 0.717) is 12.3 Å². The Hall–Kier alpha value is -1.46. The number of hydrogen-bond acceptors (Lipinski definition) is 3. The van der Waals surface area contributed by atoms with Crippen LogP contribution in [0.1, 0.15) is 31.3 Å². The fourth-order valence-corrected chi connectivity index (χ4v) is 2.36. The Morgan fingerprint density at radius 1 is 1.38 bits per heavy atom. The number of hydrogen-bond donors (Lipinski definition) is 1. The van der Waals surface area contributed by atoms with Crippen molar-refractivity contribution in [1.82, 2.24) is 20.1 Å². The van der Waals surface area contributed by atoms with Gasteiger partial charge in [0, 0.05) is 19.0 Å². The molecule has 0 bridgehead atoms. The van der Waals surface area contributed by atoms with Crippen LogP contribution in [0.15, 0.2) is 24.5 Å². The van der Waals surface area contributed by atoms with Crippen molar-refractivity contribution in [3.8, 4) is 0 Å². The van der Waals surface area contributed by atoms with Crippen molar-refractivity contribution in [2.75, 3.05) is 7.05 Å². The van der Waals surface area contributed by atoms with Crippen molar-refractivity contribution in [3.05, 3.63) is 46.8 Å². The molecule has 0 aliphatic carbocycles. The number of rotatable bonds is 6. The van der Waals surface area contributed by atoms with Crippen LogP contribution in [-0.2, 0) is 13.0 Å². The van der Waals surface area contributed by atoms with Crippen molar-refractivity contribution < 1.29 is 4.39 Å². The van der Waals surface area contributed by atoms with Crippen molar-refractivity contribution in [1.29, 1.82) is 0 Å². The van der Waals surface area contributed by atoms with Gasteiger partial charge in [0.05, 0.1) is 5.02 Å². The molecule has 0 fully saturated rings. The molecule has 0 radical (unpaired) electrons. The Kier molecular flexibility index (Phi) is 5.31. The average molecular weight is 311 g/mol. The lowest BCUT2D eigenvalue weighted by molar-refractivity contribution is 0.451. The molecule has 0 aliphatic rings. The third kappa shape index (κ3) is 4.02. The first-order valence-corrected chi connectivity index (χ1v) is 7.38. The van der Waals surface area contributed by atoms with Crippen LogP contribution in [0.4, 0.5) is 4.39 Å². The van der Waals surface area contributed by atoms with Crippen LogP contribution in [0.25, 0.3) is 0 Å². The lowest BCUT2D eigenvalue weighted by Crippen LogP contribution is -2.22. The van der Waals surface area contributed by atoms with Gasteiger partial charge in [0.1, 0.15) is 18.0 Å². The summed E-state index contributed by atoms with van der Waals surface area (Å²) in [5.41, 5.74) is 0.846. The van der Waals surface area contributed by atoms with Gasteiger partial charge in [0.25, 0.3) is 0 Å². The number of aromatic nitrogens is 3. The van der Waals surface area contributed by atoms with E-state index in [-0.39, 0.29) is 11.1 Å². The first-order chi connectivity index (χ1) is 10.0. The summed E-state index contributed by atoms with van der Waals surface area (Å²) in [6.07, 6.45) is 2.21. The summed E-state index contributed by atoms with van der Waals surface area (Å²) in [5.74, 6) is 0.975. The summed E-state index contributed by atoms with van der Waals surface area (Å²) < 4.78 is 15.5. The van der Waals surface area contributed by atoms with Crippen LogP contribution in [-0.4, -0.2) is 21.8 Å². The van der Waals surface area contributed by atoms with E-state index in [2.05, 4.69) is 29.2 Å². The molecule has 0 spiro atoms. The Balaban J connectivity index is 2.19. The van der Waals surface area contributed by atoms with Crippen LogP contribution in [0, 0.1) is 11.7 Å². The van der Waals surface area contributed by atoms with Gasteiger partial charge < -0.3 is 5.32 Å². The zero-order valence-corrected chi connectivity index (χ0v) is 13.2. The number of likely N-dealkylation sites (N-methyl/N-ethyl adjacent to an activating group) is 1. The lowest BCUT2D eigenvalue weighted by atomic mass is 10.0. The maximum atomic E-state index is 13.6. The minimum Gasteiger partial charge on any atom is -0.313 e. The molecular formula is C15H20ClFN4. The Bertz CT molecular complexity index is 597. The van der Waals surface area contributed by atoms with Gasteiger partial charge in [-0.1, -0.05) is 31.5 Å². The van der Waals surface area contributed by atoms with E-state index in [4.69, 9.17) is 11.6 Å². The molecule has 1 unspecified atom stereocenters.